The summed E-state index contributed by atoms with van der Waals surface area (Å²) in [6, 6.07) is 13.1. The topological polar surface area (TPSA) is 85.7 Å². The highest BCUT2D eigenvalue weighted by atomic mass is 127. The number of aromatic amines is 1. The lowest BCUT2D eigenvalue weighted by Gasteiger charge is -2.09. The van der Waals surface area contributed by atoms with Gasteiger partial charge in [-0.1, -0.05) is 58.4 Å². The number of aromatic nitrogens is 5. The first-order valence-corrected chi connectivity index (χ1v) is 12.6. The average molecular weight is 614 g/mol. The van der Waals surface area contributed by atoms with E-state index in [1.54, 1.807) is 30.0 Å². The molecule has 0 radical (unpaired) electrons. The zero-order valence-electron chi connectivity index (χ0n) is 17.4. The second kappa shape index (κ2) is 10.9. The molecule has 0 unspecified atom stereocenters. The van der Waals surface area contributed by atoms with Crippen molar-refractivity contribution in [3.63, 3.8) is 0 Å². The molecule has 0 saturated carbocycles. The van der Waals surface area contributed by atoms with Crippen molar-refractivity contribution in [1.29, 1.82) is 0 Å². The van der Waals surface area contributed by atoms with Gasteiger partial charge in [-0.15, -0.1) is 5.10 Å². The molecule has 1 N–H and O–H groups in total. The monoisotopic (exact) mass is 613 g/mol. The molecule has 0 amide bonds. The number of H-pyrrole nitrogens is 1. The highest BCUT2D eigenvalue weighted by Gasteiger charge is 2.14. The first-order chi connectivity index (χ1) is 15.9. The fourth-order valence-electron chi connectivity index (χ4n) is 3.08. The zero-order chi connectivity index (χ0) is 23.4. The Morgan fingerprint density at radius 2 is 1.88 bits per heavy atom. The predicted octanol–water partition coefficient (Wildman–Crippen LogP) is 5.21. The van der Waals surface area contributed by atoms with E-state index in [0.717, 1.165) is 22.6 Å². The Bertz CT molecular complexity index is 1310. The number of hydrogen-bond donors (Lipinski definition) is 1. The summed E-state index contributed by atoms with van der Waals surface area (Å²) in [6.45, 7) is 0.600. The first-order valence-electron chi connectivity index (χ1n) is 9.79. The molecule has 170 valence electrons. The van der Waals surface area contributed by atoms with E-state index in [4.69, 9.17) is 27.9 Å². The molecule has 0 saturated heterocycles. The molecule has 0 aliphatic carbocycles. The van der Waals surface area contributed by atoms with E-state index < -0.39 is 0 Å². The van der Waals surface area contributed by atoms with Crippen LogP contribution < -0.4 is 10.3 Å². The molecular weight excluding hydrogens is 596 g/mol. The standard InChI is InChI=1S/C22H18Cl2IN5O2S/c1-32-15-7-5-13(6-8-15)10-30-11-14(28-29-30)12-33-22-26-19(20(25)21(31)27-22)9-16-17(23)3-2-4-18(16)24/h2-8,11H,9-10,12H2,1H3,(H,26,27,31). The average Bonchev–Trinajstić information content (AvgIpc) is 3.25. The summed E-state index contributed by atoms with van der Waals surface area (Å²) in [6.07, 6.45) is 2.25. The lowest BCUT2D eigenvalue weighted by molar-refractivity contribution is 0.414. The summed E-state index contributed by atoms with van der Waals surface area (Å²) in [5.74, 6) is 1.32. The minimum absolute atomic E-state index is 0.200. The highest BCUT2D eigenvalue weighted by molar-refractivity contribution is 14.1. The van der Waals surface area contributed by atoms with Gasteiger partial charge in [0.1, 0.15) is 9.32 Å². The van der Waals surface area contributed by atoms with E-state index in [9.17, 15) is 4.79 Å². The summed E-state index contributed by atoms with van der Waals surface area (Å²) in [7, 11) is 1.64. The number of nitrogens with one attached hydrogen (secondary N) is 1. The SMILES string of the molecule is COc1ccc(Cn2cc(CSc3nc(Cc4c(Cl)cccc4Cl)c(I)c(=O)[nH]3)nn2)cc1. The fourth-order valence-corrected chi connectivity index (χ4v) is 4.81. The van der Waals surface area contributed by atoms with Gasteiger partial charge < -0.3 is 9.72 Å². The van der Waals surface area contributed by atoms with Gasteiger partial charge >= 0.3 is 0 Å². The summed E-state index contributed by atoms with van der Waals surface area (Å²) in [5.41, 5.74) is 3.04. The summed E-state index contributed by atoms with van der Waals surface area (Å²) >= 11 is 16.0. The van der Waals surface area contributed by atoms with Crippen molar-refractivity contribution in [2.24, 2.45) is 0 Å². The maximum Gasteiger partial charge on any atom is 0.265 e. The molecule has 11 heteroatoms. The molecule has 7 nitrogen and oxygen atoms in total. The molecule has 33 heavy (non-hydrogen) atoms. The van der Waals surface area contributed by atoms with E-state index in [-0.39, 0.29) is 5.56 Å². The molecule has 0 aliphatic heterocycles. The third kappa shape index (κ3) is 6.08. The second-order valence-corrected chi connectivity index (χ2v) is 9.91. The van der Waals surface area contributed by atoms with Crippen molar-refractivity contribution in [3.05, 3.63) is 95.1 Å². The zero-order valence-corrected chi connectivity index (χ0v) is 21.9. The van der Waals surface area contributed by atoms with E-state index in [2.05, 4.69) is 20.3 Å². The van der Waals surface area contributed by atoms with Crippen molar-refractivity contribution in [1.82, 2.24) is 25.0 Å². The fraction of sp³-hybridized carbons (Fsp3) is 0.182. The molecule has 4 rings (SSSR count). The van der Waals surface area contributed by atoms with Crippen molar-refractivity contribution < 1.29 is 4.74 Å². The largest absolute Gasteiger partial charge is 0.497 e. The molecule has 2 aromatic heterocycles. The molecule has 0 aliphatic rings. The van der Waals surface area contributed by atoms with Crippen LogP contribution >= 0.6 is 57.6 Å². The first kappa shape index (κ1) is 24.1. The van der Waals surface area contributed by atoms with Gasteiger partial charge in [-0.3, -0.25) is 4.79 Å². The van der Waals surface area contributed by atoms with Crippen LogP contribution in [0.15, 0.2) is 58.6 Å². The van der Waals surface area contributed by atoms with Crippen LogP contribution in [0.2, 0.25) is 10.0 Å². The normalized spacial score (nSPS) is 11.0. The van der Waals surface area contributed by atoms with Crippen LogP contribution in [0.1, 0.15) is 22.5 Å². The molecular formula is C22H18Cl2IN5O2S. The quantitative estimate of drug-likeness (QED) is 0.167. The number of thioether (sulfide) groups is 1. The predicted molar refractivity (Wildman–Crippen MR) is 139 cm³/mol. The molecule has 4 aromatic rings. The van der Waals surface area contributed by atoms with Gasteiger partial charge in [0.25, 0.3) is 5.56 Å². The third-order valence-corrected chi connectivity index (χ3v) is 7.49. The Morgan fingerprint density at radius 1 is 1.15 bits per heavy atom. The van der Waals surface area contributed by atoms with Crippen LogP contribution in [-0.2, 0) is 18.7 Å². The Labute approximate surface area is 218 Å². The number of methoxy groups -OCH3 is 1. The van der Waals surface area contributed by atoms with Crippen LogP contribution in [0.3, 0.4) is 0 Å². The van der Waals surface area contributed by atoms with Crippen LogP contribution in [0, 0.1) is 3.57 Å². The number of benzene rings is 2. The number of rotatable bonds is 8. The van der Waals surface area contributed by atoms with E-state index in [0.29, 0.717) is 43.2 Å². The van der Waals surface area contributed by atoms with Gasteiger partial charge in [0.2, 0.25) is 0 Å². The summed E-state index contributed by atoms with van der Waals surface area (Å²) in [5, 5.41) is 10.0. The van der Waals surface area contributed by atoms with Crippen molar-refractivity contribution in [2.75, 3.05) is 7.11 Å². The number of ether oxygens (including phenoxy) is 1. The lowest BCUT2D eigenvalue weighted by atomic mass is 10.1. The van der Waals surface area contributed by atoms with Crippen LogP contribution in [-0.4, -0.2) is 32.1 Å². The Hall–Kier alpha value is -2.08. The smallest absolute Gasteiger partial charge is 0.265 e. The molecule has 0 fully saturated rings. The molecule has 2 aromatic carbocycles. The number of hydrogen-bond acceptors (Lipinski definition) is 6. The molecule has 0 spiro atoms. The lowest BCUT2D eigenvalue weighted by Crippen LogP contribution is -2.16. The molecule has 0 bridgehead atoms. The Morgan fingerprint density at radius 3 is 2.58 bits per heavy atom. The molecule has 0 atom stereocenters. The minimum Gasteiger partial charge on any atom is -0.497 e. The maximum absolute atomic E-state index is 12.5. The van der Waals surface area contributed by atoms with Crippen molar-refractivity contribution in [2.45, 2.75) is 23.9 Å². The van der Waals surface area contributed by atoms with Crippen molar-refractivity contribution >= 4 is 57.6 Å². The number of halogens is 3. The van der Waals surface area contributed by atoms with Gasteiger partial charge in [0, 0.05) is 28.4 Å². The van der Waals surface area contributed by atoms with Crippen LogP contribution in [0.5, 0.6) is 5.75 Å². The van der Waals surface area contributed by atoms with E-state index in [1.165, 1.54) is 11.8 Å². The molecule has 2 heterocycles. The van der Waals surface area contributed by atoms with Crippen LogP contribution in [0.25, 0.3) is 0 Å². The summed E-state index contributed by atoms with van der Waals surface area (Å²) < 4.78 is 7.47. The van der Waals surface area contributed by atoms with Crippen molar-refractivity contribution in [3.8, 4) is 5.75 Å². The third-order valence-electron chi connectivity index (χ3n) is 4.76. The van der Waals surface area contributed by atoms with Gasteiger partial charge in [0.05, 0.1) is 25.0 Å². The Kier molecular flexibility index (Phi) is 7.94. The van der Waals surface area contributed by atoms with Gasteiger partial charge in [-0.25, -0.2) is 9.67 Å². The highest BCUT2D eigenvalue weighted by Crippen LogP contribution is 2.28. The van der Waals surface area contributed by atoms with Gasteiger partial charge in [0.15, 0.2) is 5.16 Å². The Balaban J connectivity index is 1.45. The van der Waals surface area contributed by atoms with Gasteiger partial charge in [-0.05, 0) is 58.0 Å². The minimum atomic E-state index is -0.200. The van der Waals surface area contributed by atoms with Crippen LogP contribution in [0.4, 0.5) is 0 Å². The second-order valence-electron chi connectivity index (χ2n) is 7.05. The van der Waals surface area contributed by atoms with E-state index >= 15 is 0 Å². The summed E-state index contributed by atoms with van der Waals surface area (Å²) in [4.78, 5) is 19.9. The maximum atomic E-state index is 12.5. The number of nitrogens with zero attached hydrogens (tertiary/aromatic N) is 4. The van der Waals surface area contributed by atoms with E-state index in [1.807, 2.05) is 53.1 Å². The van der Waals surface area contributed by atoms with Gasteiger partial charge in [-0.2, -0.15) is 0 Å².